The van der Waals surface area contributed by atoms with Crippen molar-refractivity contribution >= 4 is 22.6 Å². The number of halogens is 1. The molecule has 3 rings (SSSR count). The molecule has 1 aromatic carbocycles. The summed E-state index contributed by atoms with van der Waals surface area (Å²) in [5.41, 5.74) is 1.97. The highest BCUT2D eigenvalue weighted by molar-refractivity contribution is 6.34. The normalized spacial score (nSPS) is 17.2. The van der Waals surface area contributed by atoms with E-state index >= 15 is 0 Å². The fourth-order valence-corrected chi connectivity index (χ4v) is 2.11. The van der Waals surface area contributed by atoms with Crippen molar-refractivity contribution in [2.45, 2.75) is 25.2 Å². The summed E-state index contributed by atoms with van der Waals surface area (Å²) in [6.45, 7) is 0. The highest BCUT2D eigenvalue weighted by atomic mass is 35.5. The zero-order valence-electron chi connectivity index (χ0n) is 7.76. The lowest BCUT2D eigenvalue weighted by Gasteiger charge is -2.22. The van der Waals surface area contributed by atoms with Crippen molar-refractivity contribution < 1.29 is 0 Å². The molecule has 0 saturated heterocycles. The standard InChI is InChI=1S/C11H11ClN2/c12-8-5-2-6-9-10(8)14-11(13-9)7-3-1-4-7/h2,5-7H,1,3-4H2,(H,13,14). The van der Waals surface area contributed by atoms with Crippen LogP contribution < -0.4 is 0 Å². The Kier molecular flexibility index (Phi) is 1.77. The quantitative estimate of drug-likeness (QED) is 0.761. The molecule has 0 unspecified atom stereocenters. The minimum absolute atomic E-state index is 0.637. The number of aromatic amines is 1. The number of para-hydroxylation sites is 1. The molecule has 1 aliphatic carbocycles. The van der Waals surface area contributed by atoms with Crippen molar-refractivity contribution in [3.05, 3.63) is 29.0 Å². The van der Waals surface area contributed by atoms with E-state index in [2.05, 4.69) is 9.97 Å². The van der Waals surface area contributed by atoms with Gasteiger partial charge >= 0.3 is 0 Å². The van der Waals surface area contributed by atoms with Crippen molar-refractivity contribution in [3.63, 3.8) is 0 Å². The van der Waals surface area contributed by atoms with Crippen LogP contribution in [0, 0.1) is 0 Å². The Labute approximate surface area is 87.3 Å². The Morgan fingerprint density at radius 3 is 2.86 bits per heavy atom. The molecule has 0 spiro atoms. The molecule has 1 heterocycles. The van der Waals surface area contributed by atoms with E-state index in [1.54, 1.807) is 0 Å². The molecule has 2 aromatic rings. The van der Waals surface area contributed by atoms with Gasteiger partial charge in [0, 0.05) is 5.92 Å². The molecule has 0 bridgehead atoms. The van der Waals surface area contributed by atoms with Crippen LogP contribution in [0.15, 0.2) is 18.2 Å². The van der Waals surface area contributed by atoms with Crippen molar-refractivity contribution in [2.75, 3.05) is 0 Å². The van der Waals surface area contributed by atoms with Crippen LogP contribution in [0.5, 0.6) is 0 Å². The fraction of sp³-hybridized carbons (Fsp3) is 0.364. The second kappa shape index (κ2) is 2.99. The highest BCUT2D eigenvalue weighted by Crippen LogP contribution is 2.36. The van der Waals surface area contributed by atoms with Gasteiger partial charge < -0.3 is 4.98 Å². The summed E-state index contributed by atoms with van der Waals surface area (Å²) in [7, 11) is 0. The molecular formula is C11H11ClN2. The molecule has 2 nitrogen and oxygen atoms in total. The SMILES string of the molecule is Clc1cccc2[nH]c(C3CCC3)nc12. The first kappa shape index (κ1) is 8.30. The van der Waals surface area contributed by atoms with Gasteiger partial charge in [0.25, 0.3) is 0 Å². The lowest BCUT2D eigenvalue weighted by molar-refractivity contribution is 0.405. The van der Waals surface area contributed by atoms with E-state index in [1.165, 1.54) is 19.3 Å². The number of fused-ring (bicyclic) bond motifs is 1. The molecule has 1 saturated carbocycles. The van der Waals surface area contributed by atoms with Crippen LogP contribution >= 0.6 is 11.6 Å². The third-order valence-electron chi connectivity index (χ3n) is 2.97. The van der Waals surface area contributed by atoms with Crippen molar-refractivity contribution in [1.29, 1.82) is 0 Å². The van der Waals surface area contributed by atoms with E-state index in [9.17, 15) is 0 Å². The minimum atomic E-state index is 0.637. The Balaban J connectivity index is 2.15. The number of hydrogen-bond acceptors (Lipinski definition) is 1. The first-order valence-electron chi connectivity index (χ1n) is 4.99. The Morgan fingerprint density at radius 1 is 1.36 bits per heavy atom. The van der Waals surface area contributed by atoms with Gasteiger partial charge in [-0.05, 0) is 25.0 Å². The molecular weight excluding hydrogens is 196 g/mol. The number of rotatable bonds is 1. The maximum absolute atomic E-state index is 6.05. The number of hydrogen-bond donors (Lipinski definition) is 1. The van der Waals surface area contributed by atoms with Gasteiger partial charge in [0.2, 0.25) is 0 Å². The van der Waals surface area contributed by atoms with Gasteiger partial charge in [-0.2, -0.15) is 0 Å². The molecule has 3 heteroatoms. The van der Waals surface area contributed by atoms with Crippen LogP contribution in [-0.4, -0.2) is 9.97 Å². The first-order chi connectivity index (χ1) is 6.84. The fourth-order valence-electron chi connectivity index (χ4n) is 1.89. The molecule has 1 aliphatic rings. The van der Waals surface area contributed by atoms with Gasteiger partial charge in [-0.25, -0.2) is 4.98 Å². The van der Waals surface area contributed by atoms with Crippen LogP contribution in [-0.2, 0) is 0 Å². The average Bonchev–Trinajstić information content (AvgIpc) is 2.46. The van der Waals surface area contributed by atoms with Gasteiger partial charge in [0.1, 0.15) is 11.3 Å². The Bertz CT molecular complexity index is 471. The smallest absolute Gasteiger partial charge is 0.110 e. The minimum Gasteiger partial charge on any atom is -0.342 e. The monoisotopic (exact) mass is 206 g/mol. The lowest BCUT2D eigenvalue weighted by Crippen LogP contribution is -2.10. The van der Waals surface area contributed by atoms with Gasteiger partial charge in [-0.1, -0.05) is 24.1 Å². The molecule has 1 N–H and O–H groups in total. The molecule has 0 aliphatic heterocycles. The van der Waals surface area contributed by atoms with E-state index in [4.69, 9.17) is 11.6 Å². The number of nitrogens with one attached hydrogen (secondary N) is 1. The number of aromatic nitrogens is 2. The third-order valence-corrected chi connectivity index (χ3v) is 3.28. The average molecular weight is 207 g/mol. The van der Waals surface area contributed by atoms with Crippen molar-refractivity contribution in [2.24, 2.45) is 0 Å². The maximum Gasteiger partial charge on any atom is 0.110 e. The summed E-state index contributed by atoms with van der Waals surface area (Å²) in [6, 6.07) is 5.86. The highest BCUT2D eigenvalue weighted by Gasteiger charge is 2.22. The largest absolute Gasteiger partial charge is 0.342 e. The summed E-state index contributed by atoms with van der Waals surface area (Å²) >= 11 is 6.05. The van der Waals surface area contributed by atoms with E-state index in [1.807, 2.05) is 18.2 Å². The van der Waals surface area contributed by atoms with E-state index < -0.39 is 0 Å². The van der Waals surface area contributed by atoms with Crippen LogP contribution in [0.3, 0.4) is 0 Å². The van der Waals surface area contributed by atoms with Crippen molar-refractivity contribution in [3.8, 4) is 0 Å². The number of nitrogens with zero attached hydrogens (tertiary/aromatic N) is 1. The Hall–Kier alpha value is -1.02. The van der Waals surface area contributed by atoms with Crippen molar-refractivity contribution in [1.82, 2.24) is 9.97 Å². The summed E-state index contributed by atoms with van der Waals surface area (Å²) in [5.74, 6) is 1.75. The molecule has 14 heavy (non-hydrogen) atoms. The zero-order valence-corrected chi connectivity index (χ0v) is 8.51. The first-order valence-corrected chi connectivity index (χ1v) is 5.36. The zero-order chi connectivity index (χ0) is 9.54. The van der Waals surface area contributed by atoms with Crippen LogP contribution in [0.25, 0.3) is 11.0 Å². The summed E-state index contributed by atoms with van der Waals surface area (Å²) in [6.07, 6.45) is 3.85. The maximum atomic E-state index is 6.05. The van der Waals surface area contributed by atoms with Crippen LogP contribution in [0.1, 0.15) is 31.0 Å². The lowest BCUT2D eigenvalue weighted by atomic mass is 9.85. The van der Waals surface area contributed by atoms with Gasteiger partial charge in [0.15, 0.2) is 0 Å². The molecule has 0 amide bonds. The second-order valence-electron chi connectivity index (χ2n) is 3.89. The summed E-state index contributed by atoms with van der Waals surface area (Å²) in [5, 5.41) is 0.740. The summed E-state index contributed by atoms with van der Waals surface area (Å²) < 4.78 is 0. The predicted molar refractivity (Wildman–Crippen MR) is 57.7 cm³/mol. The Morgan fingerprint density at radius 2 is 2.21 bits per heavy atom. The topological polar surface area (TPSA) is 28.7 Å². The number of imidazole rings is 1. The predicted octanol–water partition coefficient (Wildman–Crippen LogP) is 3.48. The van der Waals surface area contributed by atoms with E-state index in [0.717, 1.165) is 21.9 Å². The molecule has 0 atom stereocenters. The molecule has 72 valence electrons. The molecule has 0 radical (unpaired) electrons. The van der Waals surface area contributed by atoms with Gasteiger partial charge in [-0.15, -0.1) is 0 Å². The van der Waals surface area contributed by atoms with E-state index in [0.29, 0.717) is 5.92 Å². The van der Waals surface area contributed by atoms with Gasteiger partial charge in [-0.3, -0.25) is 0 Å². The second-order valence-corrected chi connectivity index (χ2v) is 4.29. The molecule has 1 aromatic heterocycles. The number of H-pyrrole nitrogens is 1. The third kappa shape index (κ3) is 1.14. The van der Waals surface area contributed by atoms with Crippen LogP contribution in [0.2, 0.25) is 5.02 Å². The van der Waals surface area contributed by atoms with E-state index in [-0.39, 0.29) is 0 Å². The van der Waals surface area contributed by atoms with Gasteiger partial charge in [0.05, 0.1) is 10.5 Å². The molecule has 1 fully saturated rings. The van der Waals surface area contributed by atoms with Crippen LogP contribution in [0.4, 0.5) is 0 Å². The number of benzene rings is 1. The summed E-state index contributed by atoms with van der Waals surface area (Å²) in [4.78, 5) is 7.89.